The summed E-state index contributed by atoms with van der Waals surface area (Å²) in [7, 11) is 0.406. The van der Waals surface area contributed by atoms with Crippen LogP contribution in [0.25, 0.3) is 21.8 Å². The second-order valence-electron chi connectivity index (χ2n) is 6.63. The molecule has 0 radical (unpaired) electrons. The van der Waals surface area contributed by atoms with Crippen LogP contribution < -0.4 is 0 Å². The smallest absolute Gasteiger partial charge is 0.234 e. The summed E-state index contributed by atoms with van der Waals surface area (Å²) in [5, 5.41) is 2.42. The molecule has 2 heterocycles. The molecule has 1 aliphatic heterocycles. The molecular formula is C20H22NOS+. The molecule has 1 fully saturated rings. The van der Waals surface area contributed by atoms with Crippen LogP contribution in [0.4, 0.5) is 0 Å². The van der Waals surface area contributed by atoms with Crippen molar-refractivity contribution in [3.63, 3.8) is 0 Å². The minimum atomic E-state index is -0.00890. The second-order valence-corrected chi connectivity index (χ2v) is 8.91. The predicted octanol–water partition coefficient (Wildman–Crippen LogP) is 4.86. The van der Waals surface area contributed by atoms with E-state index in [2.05, 4.69) is 36.4 Å². The fraction of sp³-hybridized carbons (Fsp3) is 0.350. The highest BCUT2D eigenvalue weighted by atomic mass is 32.2. The molecule has 0 spiro atoms. The summed E-state index contributed by atoms with van der Waals surface area (Å²) in [5.41, 5.74) is 2.09. The van der Waals surface area contributed by atoms with Crippen LogP contribution in [0, 0.1) is 5.92 Å². The highest BCUT2D eigenvalue weighted by Crippen LogP contribution is 2.33. The van der Waals surface area contributed by atoms with Crippen LogP contribution in [-0.2, 0) is 10.9 Å². The topological polar surface area (TPSA) is 22.0 Å². The SMILES string of the molecule is CC(C)C(=O)n1c2ccccc2c2cc([S+]3CCCC3)ccc21. The zero-order chi connectivity index (χ0) is 16.0. The van der Waals surface area contributed by atoms with Gasteiger partial charge >= 0.3 is 0 Å². The van der Waals surface area contributed by atoms with Gasteiger partial charge < -0.3 is 0 Å². The molecule has 2 nitrogen and oxygen atoms in total. The van der Waals surface area contributed by atoms with Crippen molar-refractivity contribution in [2.45, 2.75) is 31.6 Å². The van der Waals surface area contributed by atoms with Crippen molar-refractivity contribution >= 4 is 38.6 Å². The Morgan fingerprint density at radius 3 is 2.43 bits per heavy atom. The van der Waals surface area contributed by atoms with Gasteiger partial charge in [0.1, 0.15) is 11.5 Å². The van der Waals surface area contributed by atoms with Crippen LogP contribution in [0.15, 0.2) is 47.4 Å². The van der Waals surface area contributed by atoms with E-state index < -0.39 is 0 Å². The third-order valence-electron chi connectivity index (χ3n) is 4.72. The van der Waals surface area contributed by atoms with Crippen LogP contribution in [-0.4, -0.2) is 22.0 Å². The Morgan fingerprint density at radius 1 is 1.00 bits per heavy atom. The Morgan fingerprint density at radius 2 is 1.70 bits per heavy atom. The molecule has 1 saturated heterocycles. The van der Waals surface area contributed by atoms with Gasteiger partial charge in [0, 0.05) is 33.7 Å². The van der Waals surface area contributed by atoms with Gasteiger partial charge in [0.15, 0.2) is 4.90 Å². The van der Waals surface area contributed by atoms with Crippen LogP contribution >= 0.6 is 0 Å². The van der Waals surface area contributed by atoms with Gasteiger partial charge in [-0.1, -0.05) is 32.0 Å². The van der Waals surface area contributed by atoms with E-state index in [1.165, 1.54) is 40.0 Å². The molecule has 1 aliphatic rings. The first-order valence-corrected chi connectivity index (χ1v) is 9.98. The van der Waals surface area contributed by atoms with Crippen LogP contribution in [0.3, 0.4) is 0 Å². The van der Waals surface area contributed by atoms with Gasteiger partial charge in [-0.25, -0.2) is 0 Å². The largest absolute Gasteiger partial charge is 0.280 e. The number of hydrogen-bond donors (Lipinski definition) is 0. The second kappa shape index (κ2) is 5.72. The number of rotatable bonds is 2. The molecule has 2 aromatic carbocycles. The first kappa shape index (κ1) is 14.8. The molecule has 0 amide bonds. The molecular weight excluding hydrogens is 302 g/mol. The van der Waals surface area contributed by atoms with E-state index in [0.717, 1.165) is 11.0 Å². The van der Waals surface area contributed by atoms with Crippen molar-refractivity contribution in [1.82, 2.24) is 4.57 Å². The number of carbonyl (C=O) groups excluding carboxylic acids is 1. The zero-order valence-corrected chi connectivity index (χ0v) is 14.5. The quantitative estimate of drug-likeness (QED) is 0.617. The lowest BCUT2D eigenvalue weighted by Crippen LogP contribution is -2.16. The molecule has 0 unspecified atom stereocenters. The Kier molecular flexibility index (Phi) is 3.68. The normalized spacial score (nSPS) is 16.0. The lowest BCUT2D eigenvalue weighted by molar-refractivity contribution is 0.0866. The molecule has 23 heavy (non-hydrogen) atoms. The van der Waals surface area contributed by atoms with Crippen molar-refractivity contribution in [3.05, 3.63) is 42.5 Å². The Hall–Kier alpha value is -1.74. The molecule has 3 heteroatoms. The summed E-state index contributed by atoms with van der Waals surface area (Å²) in [6, 6.07) is 15.0. The lowest BCUT2D eigenvalue weighted by Gasteiger charge is -2.08. The summed E-state index contributed by atoms with van der Waals surface area (Å²) >= 11 is 0. The standard InChI is InChI=1S/C20H22NOS/c1-14(2)20(22)21-18-8-4-3-7-16(18)17-13-15(9-10-19(17)21)23-11-5-6-12-23/h3-4,7-10,13-14H,5-6,11-12H2,1-2H3/q+1. The number of fused-ring (bicyclic) bond motifs is 3. The number of aromatic nitrogens is 1. The van der Waals surface area contributed by atoms with Crippen LogP contribution in [0.2, 0.25) is 0 Å². The van der Waals surface area contributed by atoms with E-state index in [1.807, 2.05) is 24.5 Å². The maximum atomic E-state index is 12.7. The fourth-order valence-corrected chi connectivity index (χ4v) is 5.84. The average Bonchev–Trinajstić information content (AvgIpc) is 3.20. The van der Waals surface area contributed by atoms with Crippen molar-refractivity contribution in [2.24, 2.45) is 5.92 Å². The maximum absolute atomic E-state index is 12.7. The highest BCUT2D eigenvalue weighted by Gasteiger charge is 2.28. The molecule has 0 bridgehead atoms. The maximum Gasteiger partial charge on any atom is 0.234 e. The molecule has 1 aromatic heterocycles. The number of hydrogen-bond acceptors (Lipinski definition) is 1. The fourth-order valence-electron chi connectivity index (χ4n) is 3.52. The minimum absolute atomic E-state index is 0.00890. The first-order valence-electron chi connectivity index (χ1n) is 8.42. The average molecular weight is 324 g/mol. The van der Waals surface area contributed by atoms with Gasteiger partial charge in [-0.3, -0.25) is 9.36 Å². The summed E-state index contributed by atoms with van der Waals surface area (Å²) in [6.07, 6.45) is 2.71. The predicted molar refractivity (Wildman–Crippen MR) is 99.5 cm³/mol. The Labute approximate surface area is 139 Å². The molecule has 0 saturated carbocycles. The first-order chi connectivity index (χ1) is 11.2. The van der Waals surface area contributed by atoms with Crippen LogP contribution in [0.5, 0.6) is 0 Å². The van der Waals surface area contributed by atoms with Gasteiger partial charge in [0.25, 0.3) is 0 Å². The summed E-state index contributed by atoms with van der Waals surface area (Å²) in [5.74, 6) is 2.82. The number of carbonyl (C=O) groups is 1. The van der Waals surface area contributed by atoms with Gasteiger partial charge in [0.2, 0.25) is 5.91 Å². The lowest BCUT2D eigenvalue weighted by atomic mass is 10.1. The molecule has 3 aromatic rings. The molecule has 4 rings (SSSR count). The van der Waals surface area contributed by atoms with Crippen molar-refractivity contribution in [1.29, 1.82) is 0 Å². The number of benzene rings is 2. The summed E-state index contributed by atoms with van der Waals surface area (Å²) in [4.78, 5) is 14.2. The van der Waals surface area contributed by atoms with Gasteiger partial charge in [-0.15, -0.1) is 0 Å². The van der Waals surface area contributed by atoms with Crippen molar-refractivity contribution < 1.29 is 4.79 Å². The zero-order valence-electron chi connectivity index (χ0n) is 13.7. The van der Waals surface area contributed by atoms with Crippen molar-refractivity contribution in [3.8, 4) is 0 Å². The van der Waals surface area contributed by atoms with E-state index >= 15 is 0 Å². The third kappa shape index (κ3) is 2.38. The number of para-hydroxylation sites is 1. The van der Waals surface area contributed by atoms with Gasteiger partial charge in [0.05, 0.1) is 11.0 Å². The molecule has 0 atom stereocenters. The van der Waals surface area contributed by atoms with E-state index in [-0.39, 0.29) is 11.8 Å². The van der Waals surface area contributed by atoms with Crippen LogP contribution in [0.1, 0.15) is 31.5 Å². The van der Waals surface area contributed by atoms with Crippen molar-refractivity contribution in [2.75, 3.05) is 11.5 Å². The highest BCUT2D eigenvalue weighted by molar-refractivity contribution is 7.97. The van der Waals surface area contributed by atoms with Gasteiger partial charge in [-0.2, -0.15) is 0 Å². The summed E-state index contributed by atoms with van der Waals surface area (Å²) in [6.45, 7) is 3.94. The summed E-state index contributed by atoms with van der Waals surface area (Å²) < 4.78 is 1.91. The molecule has 0 N–H and O–H groups in total. The monoisotopic (exact) mass is 324 g/mol. The van der Waals surface area contributed by atoms with Gasteiger partial charge in [-0.05, 0) is 31.0 Å². The third-order valence-corrected chi connectivity index (χ3v) is 7.21. The number of nitrogens with zero attached hydrogens (tertiary/aromatic N) is 1. The van der Waals surface area contributed by atoms with E-state index in [4.69, 9.17) is 0 Å². The molecule has 118 valence electrons. The minimum Gasteiger partial charge on any atom is -0.280 e. The Bertz CT molecular complexity index is 887. The Balaban J connectivity index is 1.99. The van der Waals surface area contributed by atoms with E-state index in [0.29, 0.717) is 10.9 Å². The van der Waals surface area contributed by atoms with E-state index in [1.54, 1.807) is 0 Å². The molecule has 0 aliphatic carbocycles. The van der Waals surface area contributed by atoms with E-state index in [9.17, 15) is 4.79 Å².